The zero-order valence-electron chi connectivity index (χ0n) is 24.5. The Morgan fingerprint density at radius 3 is 2.14 bits per heavy atom. The zero-order chi connectivity index (χ0) is 30.8. The maximum absolute atomic E-state index is 12.1. The molecule has 42 heavy (non-hydrogen) atoms. The molecule has 0 radical (unpaired) electrons. The van der Waals surface area contributed by atoms with Gasteiger partial charge in [-0.3, -0.25) is 24.0 Å². The normalized spacial score (nSPS) is 11.6. The van der Waals surface area contributed by atoms with Gasteiger partial charge in [-0.1, -0.05) is 12.8 Å². The monoisotopic (exact) mass is 598 g/mol. The summed E-state index contributed by atoms with van der Waals surface area (Å²) in [6.07, 6.45) is 6.70. The van der Waals surface area contributed by atoms with Crippen molar-refractivity contribution in [2.24, 2.45) is 5.92 Å². The van der Waals surface area contributed by atoms with E-state index >= 15 is 0 Å². The van der Waals surface area contributed by atoms with E-state index in [9.17, 15) is 29.1 Å². The van der Waals surface area contributed by atoms with Crippen molar-refractivity contribution in [2.75, 3.05) is 65.9 Å². The van der Waals surface area contributed by atoms with Gasteiger partial charge < -0.3 is 39.7 Å². The van der Waals surface area contributed by atoms with Crippen molar-refractivity contribution in [3.63, 3.8) is 0 Å². The zero-order valence-corrected chi connectivity index (χ0v) is 24.5. The molecule has 2 amide bonds. The minimum atomic E-state index is -0.970. The summed E-state index contributed by atoms with van der Waals surface area (Å²) in [4.78, 5) is 64.8. The number of imidazole rings is 1. The first-order valence-corrected chi connectivity index (χ1v) is 14.3. The number of aromatic amines is 1. The maximum atomic E-state index is 12.1. The van der Waals surface area contributed by atoms with E-state index in [0.717, 1.165) is 5.69 Å². The number of aromatic nitrogens is 2. The van der Waals surface area contributed by atoms with Crippen LogP contribution in [0.1, 0.15) is 57.6 Å². The van der Waals surface area contributed by atoms with Gasteiger partial charge in [0.15, 0.2) is 5.78 Å². The number of nitrogens with one attached hydrogen (secondary N) is 3. The molecule has 1 aromatic heterocycles. The van der Waals surface area contributed by atoms with Crippen molar-refractivity contribution in [3.05, 3.63) is 18.2 Å². The summed E-state index contributed by atoms with van der Waals surface area (Å²) in [6.45, 7) is 3.86. The third-order valence-corrected chi connectivity index (χ3v) is 5.99. The predicted molar refractivity (Wildman–Crippen MR) is 151 cm³/mol. The Morgan fingerprint density at radius 2 is 1.50 bits per heavy atom. The number of H-pyrrole nitrogens is 1. The molecular formula is C28H46N4O10. The van der Waals surface area contributed by atoms with Gasteiger partial charge in [-0.15, -0.1) is 0 Å². The molecule has 0 aliphatic rings. The number of nitrogens with zero attached hydrogens (tertiary/aromatic N) is 1. The van der Waals surface area contributed by atoms with Crippen LogP contribution in [-0.4, -0.2) is 110 Å². The lowest BCUT2D eigenvalue weighted by Crippen LogP contribution is -2.31. The molecule has 0 saturated carbocycles. The third-order valence-electron chi connectivity index (χ3n) is 5.99. The van der Waals surface area contributed by atoms with Crippen LogP contribution in [0.25, 0.3) is 0 Å². The SMILES string of the molecule is CC(=O)NCCOCCOCC(=O)NCCOCCOCC(=O)CCCCC[C@H](CC(=O)CCc1cnc[nH]1)C(=O)O. The molecule has 0 aromatic carbocycles. The molecule has 0 fully saturated rings. The molecule has 0 saturated heterocycles. The minimum absolute atomic E-state index is 0.0127. The second-order valence-corrected chi connectivity index (χ2v) is 9.66. The number of ketones is 2. The van der Waals surface area contributed by atoms with Crippen LogP contribution in [0.3, 0.4) is 0 Å². The quantitative estimate of drug-likeness (QED) is 0.0998. The van der Waals surface area contributed by atoms with Gasteiger partial charge in [-0.25, -0.2) is 4.98 Å². The Bertz CT molecular complexity index is 911. The third kappa shape index (κ3) is 21.5. The number of carbonyl (C=O) groups is 5. The molecule has 1 atom stereocenters. The van der Waals surface area contributed by atoms with Crippen molar-refractivity contribution in [3.8, 4) is 0 Å². The molecule has 4 N–H and O–H groups in total. The second kappa shape index (κ2) is 24.4. The van der Waals surface area contributed by atoms with Gasteiger partial charge in [0.1, 0.15) is 19.0 Å². The molecule has 0 spiro atoms. The van der Waals surface area contributed by atoms with Crippen LogP contribution in [0.5, 0.6) is 0 Å². The number of carboxylic acid groups (broad SMARTS) is 1. The molecule has 14 nitrogen and oxygen atoms in total. The van der Waals surface area contributed by atoms with Crippen LogP contribution < -0.4 is 10.6 Å². The van der Waals surface area contributed by atoms with Crippen LogP contribution >= 0.6 is 0 Å². The summed E-state index contributed by atoms with van der Waals surface area (Å²) in [6, 6.07) is 0. The van der Waals surface area contributed by atoms with Crippen LogP contribution in [0.2, 0.25) is 0 Å². The van der Waals surface area contributed by atoms with Gasteiger partial charge in [-0.2, -0.15) is 0 Å². The lowest BCUT2D eigenvalue weighted by Gasteiger charge is -2.11. The largest absolute Gasteiger partial charge is 0.481 e. The first kappa shape index (κ1) is 36.8. The van der Waals surface area contributed by atoms with Gasteiger partial charge in [-0.05, 0) is 19.3 Å². The van der Waals surface area contributed by atoms with Crippen molar-refractivity contribution < 1.29 is 48.0 Å². The van der Waals surface area contributed by atoms with Crippen LogP contribution in [0, 0.1) is 5.92 Å². The Labute approximate surface area is 246 Å². The predicted octanol–water partition coefficient (Wildman–Crippen LogP) is 0.841. The fraction of sp³-hybridized carbons (Fsp3) is 0.714. The number of Topliss-reactive ketones (excluding diaryl/α,β-unsaturated/α-hetero) is 2. The summed E-state index contributed by atoms with van der Waals surface area (Å²) in [5, 5.41) is 14.7. The number of unbranched alkanes of at least 4 members (excludes halogenated alkanes) is 2. The number of hydrogen-bond acceptors (Lipinski definition) is 10. The summed E-state index contributed by atoms with van der Waals surface area (Å²) >= 11 is 0. The number of carboxylic acids is 1. The summed E-state index contributed by atoms with van der Waals surface area (Å²) in [5.74, 6) is -2.19. The van der Waals surface area contributed by atoms with Crippen LogP contribution in [0.15, 0.2) is 12.5 Å². The number of carbonyl (C=O) groups excluding carboxylic acids is 4. The van der Waals surface area contributed by atoms with Gasteiger partial charge in [0.05, 0.1) is 51.9 Å². The average molecular weight is 599 g/mol. The van der Waals surface area contributed by atoms with Gasteiger partial charge in [0.2, 0.25) is 11.8 Å². The topological polar surface area (TPSA) is 195 Å². The Balaban J connectivity index is 1.92. The number of aliphatic carboxylic acids is 1. The van der Waals surface area contributed by atoms with E-state index in [1.54, 1.807) is 6.20 Å². The van der Waals surface area contributed by atoms with E-state index in [1.165, 1.54) is 13.3 Å². The molecule has 0 unspecified atom stereocenters. The Hall–Kier alpha value is -3.20. The standard InChI is InChI=1S/C28H46N4O10/c1-22(33)30-9-11-39-14-16-42-20-27(36)31-10-12-40-13-15-41-19-26(35)6-4-2-3-5-23(28(37)38)17-25(34)8-7-24-18-29-21-32-24/h18,21,23H,2-17,19-20H2,1H3,(H,29,32)(H,30,33)(H,31,36)(H,37,38)/t23-/m1/s1. The minimum Gasteiger partial charge on any atom is -0.481 e. The molecule has 0 aliphatic heterocycles. The van der Waals surface area contributed by atoms with Crippen molar-refractivity contribution >= 4 is 29.4 Å². The van der Waals surface area contributed by atoms with E-state index in [2.05, 4.69) is 20.6 Å². The number of aryl methyl sites for hydroxylation is 1. The number of hydrogen-bond donors (Lipinski definition) is 4. The Kier molecular flexibility index (Phi) is 21.4. The van der Waals surface area contributed by atoms with Gasteiger partial charge in [0.25, 0.3) is 0 Å². The molecule has 14 heteroatoms. The molecule has 1 aromatic rings. The smallest absolute Gasteiger partial charge is 0.306 e. The van der Waals surface area contributed by atoms with E-state index in [1.807, 2.05) is 0 Å². The number of ether oxygens (including phenoxy) is 4. The van der Waals surface area contributed by atoms with Crippen molar-refractivity contribution in [1.82, 2.24) is 20.6 Å². The van der Waals surface area contributed by atoms with Gasteiger partial charge >= 0.3 is 5.97 Å². The van der Waals surface area contributed by atoms with Crippen molar-refractivity contribution in [2.45, 2.75) is 58.3 Å². The van der Waals surface area contributed by atoms with E-state index in [0.29, 0.717) is 71.4 Å². The highest BCUT2D eigenvalue weighted by atomic mass is 16.5. The molecule has 0 bridgehead atoms. The molecule has 238 valence electrons. The van der Waals surface area contributed by atoms with Crippen LogP contribution in [0.4, 0.5) is 0 Å². The van der Waals surface area contributed by atoms with E-state index in [4.69, 9.17) is 18.9 Å². The fourth-order valence-electron chi connectivity index (χ4n) is 3.75. The molecular weight excluding hydrogens is 552 g/mol. The fourth-order valence-corrected chi connectivity index (χ4v) is 3.75. The lowest BCUT2D eigenvalue weighted by atomic mass is 9.94. The second-order valence-electron chi connectivity index (χ2n) is 9.66. The van der Waals surface area contributed by atoms with E-state index < -0.39 is 11.9 Å². The lowest BCUT2D eigenvalue weighted by molar-refractivity contribution is -0.144. The summed E-state index contributed by atoms with van der Waals surface area (Å²) < 4.78 is 21.1. The van der Waals surface area contributed by atoms with Crippen LogP contribution in [-0.2, 0) is 49.3 Å². The van der Waals surface area contributed by atoms with Crippen molar-refractivity contribution in [1.29, 1.82) is 0 Å². The first-order valence-electron chi connectivity index (χ1n) is 14.3. The van der Waals surface area contributed by atoms with E-state index in [-0.39, 0.29) is 69.3 Å². The van der Waals surface area contributed by atoms with Gasteiger partial charge in [0, 0.05) is 51.2 Å². The molecule has 1 rings (SSSR count). The maximum Gasteiger partial charge on any atom is 0.306 e. The summed E-state index contributed by atoms with van der Waals surface area (Å²) in [5.41, 5.74) is 0.844. The Morgan fingerprint density at radius 1 is 0.833 bits per heavy atom. The highest BCUT2D eigenvalue weighted by molar-refractivity contribution is 5.84. The molecule has 1 heterocycles. The number of amides is 2. The highest BCUT2D eigenvalue weighted by Crippen LogP contribution is 2.17. The molecule has 0 aliphatic carbocycles. The summed E-state index contributed by atoms with van der Waals surface area (Å²) in [7, 11) is 0. The number of rotatable bonds is 28. The highest BCUT2D eigenvalue weighted by Gasteiger charge is 2.20. The first-order chi connectivity index (χ1) is 20.3. The average Bonchev–Trinajstić information content (AvgIpc) is 3.47.